The van der Waals surface area contributed by atoms with Crippen molar-refractivity contribution in [3.63, 3.8) is 0 Å². The summed E-state index contributed by atoms with van der Waals surface area (Å²) in [5.41, 5.74) is 2.52. The minimum absolute atomic E-state index is 0.383. The quantitative estimate of drug-likeness (QED) is 0.401. The largest absolute Gasteiger partial charge is 0.497 e. The molecule has 0 fully saturated rings. The van der Waals surface area contributed by atoms with E-state index in [-0.39, 0.29) is 0 Å². The third kappa shape index (κ3) is 5.00. The van der Waals surface area contributed by atoms with Crippen molar-refractivity contribution in [2.24, 2.45) is 7.05 Å². The summed E-state index contributed by atoms with van der Waals surface area (Å²) in [6.45, 7) is 2.41. The van der Waals surface area contributed by atoms with Crippen LogP contribution in [0.1, 0.15) is 35.8 Å². The lowest BCUT2D eigenvalue weighted by atomic mass is 10.0. The summed E-state index contributed by atoms with van der Waals surface area (Å²) in [5.74, 6) is -0.184. The van der Waals surface area contributed by atoms with E-state index in [1.807, 2.05) is 44.4 Å². The third-order valence-electron chi connectivity index (χ3n) is 4.14. The minimum atomic E-state index is -0.472. The molecular formula is C21H25NO5. The first-order chi connectivity index (χ1) is 13.0. The molecule has 0 unspecified atom stereocenters. The maximum Gasteiger partial charge on any atom is 0.340 e. The first-order valence-corrected chi connectivity index (χ1v) is 8.78. The van der Waals surface area contributed by atoms with Gasteiger partial charge in [0.15, 0.2) is 0 Å². The van der Waals surface area contributed by atoms with Crippen molar-refractivity contribution in [1.82, 2.24) is 4.57 Å². The van der Waals surface area contributed by atoms with E-state index in [4.69, 9.17) is 14.2 Å². The molecule has 0 saturated heterocycles. The first kappa shape index (κ1) is 20.3. The van der Waals surface area contributed by atoms with Crippen molar-refractivity contribution in [2.45, 2.75) is 19.8 Å². The molecule has 0 atom stereocenters. The molecule has 2 aromatic rings. The van der Waals surface area contributed by atoms with Crippen molar-refractivity contribution in [1.29, 1.82) is 0 Å². The number of methoxy groups -OCH3 is 2. The zero-order valence-electron chi connectivity index (χ0n) is 16.2. The molecule has 27 heavy (non-hydrogen) atoms. The lowest BCUT2D eigenvalue weighted by Crippen LogP contribution is -2.06. The SMILES string of the molecule is CCCCOC(=O)/C=C/c1c(C(=O)OC)c(-c2ccc(OC)cc2)cn1C. The van der Waals surface area contributed by atoms with Gasteiger partial charge in [0.2, 0.25) is 0 Å². The number of carbonyl (C=O) groups excluding carboxylic acids is 2. The molecule has 2 rings (SSSR count). The minimum Gasteiger partial charge on any atom is -0.497 e. The summed E-state index contributed by atoms with van der Waals surface area (Å²) in [4.78, 5) is 24.3. The summed E-state index contributed by atoms with van der Waals surface area (Å²) in [6, 6.07) is 7.38. The molecule has 1 aromatic carbocycles. The standard InChI is InChI=1S/C21H25NO5/c1-5-6-13-27-19(23)12-11-18-20(21(24)26-4)17(14-22(18)2)15-7-9-16(25-3)10-8-15/h7-12,14H,5-6,13H2,1-4H3/b12-11+. The highest BCUT2D eigenvalue weighted by atomic mass is 16.5. The molecule has 0 bridgehead atoms. The Hall–Kier alpha value is -3.02. The van der Waals surface area contributed by atoms with Gasteiger partial charge in [0.25, 0.3) is 0 Å². The molecule has 0 aliphatic heterocycles. The molecule has 1 heterocycles. The van der Waals surface area contributed by atoms with Crippen LogP contribution >= 0.6 is 0 Å². The number of nitrogens with zero attached hydrogens (tertiary/aromatic N) is 1. The van der Waals surface area contributed by atoms with E-state index in [0.29, 0.717) is 23.4 Å². The highest BCUT2D eigenvalue weighted by Crippen LogP contribution is 2.30. The number of hydrogen-bond acceptors (Lipinski definition) is 5. The molecule has 0 aliphatic carbocycles. The van der Waals surface area contributed by atoms with Crippen LogP contribution in [0.4, 0.5) is 0 Å². The van der Waals surface area contributed by atoms with Gasteiger partial charge in [0, 0.05) is 24.9 Å². The van der Waals surface area contributed by atoms with Crippen LogP contribution in [0, 0.1) is 0 Å². The Labute approximate surface area is 159 Å². The molecule has 6 nitrogen and oxygen atoms in total. The molecule has 0 radical (unpaired) electrons. The monoisotopic (exact) mass is 371 g/mol. The molecule has 1 aromatic heterocycles. The Morgan fingerprint density at radius 3 is 2.44 bits per heavy atom. The van der Waals surface area contributed by atoms with Crippen LogP contribution in [0.15, 0.2) is 36.5 Å². The summed E-state index contributed by atoms with van der Waals surface area (Å²) in [6.07, 6.45) is 6.50. The molecule has 6 heteroatoms. The van der Waals surface area contributed by atoms with E-state index in [1.165, 1.54) is 13.2 Å². The molecular weight excluding hydrogens is 346 g/mol. The van der Waals surface area contributed by atoms with Gasteiger partial charge in [0.1, 0.15) is 5.75 Å². The van der Waals surface area contributed by atoms with Crippen molar-refractivity contribution in [3.8, 4) is 16.9 Å². The molecule has 144 valence electrons. The fraction of sp³-hybridized carbons (Fsp3) is 0.333. The number of ether oxygens (including phenoxy) is 3. The van der Waals surface area contributed by atoms with Gasteiger partial charge < -0.3 is 18.8 Å². The van der Waals surface area contributed by atoms with E-state index < -0.39 is 11.9 Å². The van der Waals surface area contributed by atoms with Crippen LogP contribution in [0.3, 0.4) is 0 Å². The first-order valence-electron chi connectivity index (χ1n) is 8.78. The fourth-order valence-corrected chi connectivity index (χ4v) is 2.66. The second-order valence-electron chi connectivity index (χ2n) is 5.99. The van der Waals surface area contributed by atoms with Crippen LogP contribution in [0.2, 0.25) is 0 Å². The highest BCUT2D eigenvalue weighted by molar-refractivity contribution is 6.02. The summed E-state index contributed by atoms with van der Waals surface area (Å²) < 4.78 is 17.0. The predicted octanol–water partition coefficient (Wildman–Crippen LogP) is 3.84. The topological polar surface area (TPSA) is 66.8 Å². The Balaban J connectivity index is 2.38. The van der Waals surface area contributed by atoms with Crippen molar-refractivity contribution in [3.05, 3.63) is 47.8 Å². The number of hydrogen-bond donors (Lipinski definition) is 0. The van der Waals surface area contributed by atoms with Crippen molar-refractivity contribution >= 4 is 18.0 Å². The maximum atomic E-state index is 12.4. The number of unbranched alkanes of at least 4 members (excludes halogenated alkanes) is 1. The van der Waals surface area contributed by atoms with Gasteiger partial charge in [0.05, 0.1) is 32.1 Å². The molecule has 0 spiro atoms. The zero-order chi connectivity index (χ0) is 19.8. The van der Waals surface area contributed by atoms with Crippen LogP contribution in [-0.2, 0) is 21.3 Å². The van der Waals surface area contributed by atoms with Crippen LogP contribution in [0.5, 0.6) is 5.75 Å². The lowest BCUT2D eigenvalue weighted by molar-refractivity contribution is -0.137. The summed E-state index contributed by atoms with van der Waals surface area (Å²) >= 11 is 0. The van der Waals surface area contributed by atoms with E-state index in [1.54, 1.807) is 17.8 Å². The second-order valence-corrected chi connectivity index (χ2v) is 5.99. The van der Waals surface area contributed by atoms with E-state index in [2.05, 4.69) is 0 Å². The Kier molecular flexibility index (Phi) is 7.23. The van der Waals surface area contributed by atoms with Gasteiger partial charge in [-0.05, 0) is 30.2 Å². The van der Waals surface area contributed by atoms with E-state index >= 15 is 0 Å². The van der Waals surface area contributed by atoms with Crippen LogP contribution in [-0.4, -0.2) is 37.3 Å². The third-order valence-corrected chi connectivity index (χ3v) is 4.14. The fourth-order valence-electron chi connectivity index (χ4n) is 2.66. The normalized spacial score (nSPS) is 10.8. The van der Waals surface area contributed by atoms with Crippen LogP contribution in [0.25, 0.3) is 17.2 Å². The van der Waals surface area contributed by atoms with E-state index in [0.717, 1.165) is 24.2 Å². The smallest absolute Gasteiger partial charge is 0.340 e. The van der Waals surface area contributed by atoms with Gasteiger partial charge >= 0.3 is 11.9 Å². The van der Waals surface area contributed by atoms with Gasteiger partial charge in [-0.15, -0.1) is 0 Å². The van der Waals surface area contributed by atoms with Gasteiger partial charge in [-0.2, -0.15) is 0 Å². The number of carbonyl (C=O) groups is 2. The Bertz CT molecular complexity index is 818. The Morgan fingerprint density at radius 2 is 1.85 bits per heavy atom. The van der Waals surface area contributed by atoms with Gasteiger partial charge in [-0.1, -0.05) is 25.5 Å². The van der Waals surface area contributed by atoms with Gasteiger partial charge in [-0.3, -0.25) is 0 Å². The summed E-state index contributed by atoms with van der Waals surface area (Å²) in [7, 11) is 4.74. The highest BCUT2D eigenvalue weighted by Gasteiger charge is 2.21. The second kappa shape index (κ2) is 9.62. The number of aromatic nitrogens is 1. The molecule has 0 amide bonds. The molecule has 0 aliphatic rings. The number of rotatable bonds is 8. The number of aryl methyl sites for hydroxylation is 1. The average Bonchev–Trinajstić information content (AvgIpc) is 3.02. The molecule has 0 N–H and O–H groups in total. The van der Waals surface area contributed by atoms with Crippen molar-refractivity contribution < 1.29 is 23.8 Å². The lowest BCUT2D eigenvalue weighted by Gasteiger charge is -2.06. The zero-order valence-corrected chi connectivity index (χ0v) is 16.2. The van der Waals surface area contributed by atoms with Crippen LogP contribution < -0.4 is 4.74 Å². The van der Waals surface area contributed by atoms with Crippen molar-refractivity contribution in [2.75, 3.05) is 20.8 Å². The van der Waals surface area contributed by atoms with Gasteiger partial charge in [-0.25, -0.2) is 9.59 Å². The average molecular weight is 371 g/mol. The maximum absolute atomic E-state index is 12.4. The predicted molar refractivity (Wildman–Crippen MR) is 104 cm³/mol. The Morgan fingerprint density at radius 1 is 1.15 bits per heavy atom. The summed E-state index contributed by atoms with van der Waals surface area (Å²) in [5, 5.41) is 0. The molecule has 0 saturated carbocycles. The number of benzene rings is 1. The van der Waals surface area contributed by atoms with E-state index in [9.17, 15) is 9.59 Å². The number of esters is 2.